The number of hydrogen-bond donors (Lipinski definition) is 2. The van der Waals surface area contributed by atoms with E-state index >= 15 is 0 Å². The van der Waals surface area contributed by atoms with Crippen LogP contribution in [0.2, 0.25) is 5.02 Å². The Morgan fingerprint density at radius 1 is 1.28 bits per heavy atom. The minimum absolute atomic E-state index is 0.0718. The molecule has 0 saturated carbocycles. The summed E-state index contributed by atoms with van der Waals surface area (Å²) in [6.07, 6.45) is 1.92. The lowest BCUT2D eigenvalue weighted by Gasteiger charge is -2.30. The van der Waals surface area contributed by atoms with Crippen LogP contribution in [0.1, 0.15) is 39.8 Å². The molecule has 0 saturated heterocycles. The van der Waals surface area contributed by atoms with Crippen LogP contribution in [0.15, 0.2) is 23.1 Å². The van der Waals surface area contributed by atoms with Crippen molar-refractivity contribution < 1.29 is 23.5 Å². The van der Waals surface area contributed by atoms with E-state index in [1.54, 1.807) is 0 Å². The number of aromatic hydroxyl groups is 1. The largest absolute Gasteiger partial charge is 0.503 e. The maximum Gasteiger partial charge on any atom is 0.274 e. The van der Waals surface area contributed by atoms with Crippen LogP contribution in [-0.4, -0.2) is 39.5 Å². The second kappa shape index (κ2) is 8.20. The lowest BCUT2D eigenvalue weighted by atomic mass is 10.1. The number of pyridine rings is 1. The maximum absolute atomic E-state index is 14.0. The number of fused-ring (bicyclic) bond motifs is 1. The molecule has 0 spiro atoms. The fourth-order valence-corrected chi connectivity index (χ4v) is 3.33. The van der Waals surface area contributed by atoms with Crippen LogP contribution >= 0.6 is 11.6 Å². The molecule has 0 aliphatic carbocycles. The van der Waals surface area contributed by atoms with Gasteiger partial charge in [0.25, 0.3) is 11.8 Å². The number of nitrogens with zero attached hydrogens (tertiary/aromatic N) is 2. The highest BCUT2D eigenvalue weighted by atomic mass is 35.5. The number of amides is 2. The van der Waals surface area contributed by atoms with Crippen molar-refractivity contribution in [3.63, 3.8) is 0 Å². The van der Waals surface area contributed by atoms with Crippen molar-refractivity contribution in [2.45, 2.75) is 26.4 Å². The minimum atomic E-state index is -1.02. The summed E-state index contributed by atoms with van der Waals surface area (Å²) >= 11 is 5.50. The average molecular weight is 426 g/mol. The lowest BCUT2D eigenvalue weighted by molar-refractivity contribution is 0.0695. The molecule has 0 bridgehead atoms. The summed E-state index contributed by atoms with van der Waals surface area (Å²) in [6, 6.07) is 2.08. The van der Waals surface area contributed by atoms with Crippen molar-refractivity contribution >= 4 is 23.4 Å². The Bertz CT molecular complexity index is 1050. The van der Waals surface area contributed by atoms with Crippen molar-refractivity contribution in [1.29, 1.82) is 0 Å². The maximum atomic E-state index is 14.0. The highest BCUT2D eigenvalue weighted by Crippen LogP contribution is 2.22. The molecule has 2 heterocycles. The molecule has 1 aromatic carbocycles. The summed E-state index contributed by atoms with van der Waals surface area (Å²) in [5.41, 5.74) is -1.63. The molecule has 10 heteroatoms. The molecule has 2 aromatic rings. The van der Waals surface area contributed by atoms with Gasteiger partial charge in [-0.25, -0.2) is 8.78 Å². The van der Waals surface area contributed by atoms with Crippen molar-refractivity contribution in [3.8, 4) is 5.75 Å². The van der Waals surface area contributed by atoms with Gasteiger partial charge in [-0.05, 0) is 12.5 Å². The zero-order valence-electron chi connectivity index (χ0n) is 15.5. The van der Waals surface area contributed by atoms with E-state index in [0.717, 1.165) is 18.6 Å². The number of aromatic nitrogens is 1. The Kier molecular flexibility index (Phi) is 5.88. The van der Waals surface area contributed by atoms with Crippen LogP contribution in [0.3, 0.4) is 0 Å². The number of nitrogens with one attached hydrogen (secondary N) is 1. The van der Waals surface area contributed by atoms with E-state index in [1.807, 2.05) is 6.92 Å². The van der Waals surface area contributed by atoms with Gasteiger partial charge in [-0.15, -0.1) is 0 Å². The minimum Gasteiger partial charge on any atom is -0.503 e. The standard InChI is InChI=1S/C19H18ClF2N3O4/c1-2-5-24-6-7-25-9-11(16(26)17(27)15(25)19(24)29)18(28)23-8-10-3-4-12(21)13(20)14(10)22/h3-4,9,27H,2,5-8H2,1H3,(H,23,28). The molecule has 2 N–H and O–H groups in total. The molecular formula is C19H18ClF2N3O4. The van der Waals surface area contributed by atoms with E-state index in [1.165, 1.54) is 15.7 Å². The molecule has 2 amide bonds. The Labute approximate surface area is 169 Å². The van der Waals surface area contributed by atoms with Gasteiger partial charge < -0.3 is 19.9 Å². The van der Waals surface area contributed by atoms with E-state index in [2.05, 4.69) is 5.32 Å². The second-order valence-electron chi connectivity index (χ2n) is 6.57. The van der Waals surface area contributed by atoms with E-state index < -0.39 is 45.2 Å². The molecule has 154 valence electrons. The number of carbonyl (C=O) groups excluding carboxylic acids is 2. The first-order valence-electron chi connectivity index (χ1n) is 8.92. The molecule has 1 aliphatic heterocycles. The molecule has 0 atom stereocenters. The van der Waals surface area contributed by atoms with Crippen molar-refractivity contribution in [1.82, 2.24) is 14.8 Å². The molecule has 1 aliphatic rings. The fraction of sp³-hybridized carbons (Fsp3) is 0.316. The summed E-state index contributed by atoms with van der Waals surface area (Å²) in [5.74, 6) is -4.11. The molecule has 0 radical (unpaired) electrons. The van der Waals surface area contributed by atoms with Gasteiger partial charge >= 0.3 is 0 Å². The van der Waals surface area contributed by atoms with Gasteiger partial charge in [0.05, 0.1) is 0 Å². The third-order valence-electron chi connectivity index (χ3n) is 4.65. The van der Waals surface area contributed by atoms with Crippen LogP contribution in [0.5, 0.6) is 5.75 Å². The smallest absolute Gasteiger partial charge is 0.274 e. The Balaban J connectivity index is 1.86. The Morgan fingerprint density at radius 3 is 2.69 bits per heavy atom. The second-order valence-corrected chi connectivity index (χ2v) is 6.95. The SMILES string of the molecule is CCCN1CCn2cc(C(=O)NCc3ccc(F)c(Cl)c3F)c(=O)c(O)c2C1=O. The van der Waals surface area contributed by atoms with Gasteiger partial charge in [-0.2, -0.15) is 0 Å². The monoisotopic (exact) mass is 425 g/mol. The Hall–Kier alpha value is -2.94. The summed E-state index contributed by atoms with van der Waals surface area (Å²) in [7, 11) is 0. The number of halogens is 3. The van der Waals surface area contributed by atoms with E-state index in [9.17, 15) is 28.3 Å². The van der Waals surface area contributed by atoms with Gasteiger partial charge in [-0.3, -0.25) is 14.4 Å². The van der Waals surface area contributed by atoms with E-state index in [4.69, 9.17) is 11.6 Å². The van der Waals surface area contributed by atoms with Gasteiger partial charge in [0, 0.05) is 37.9 Å². The number of carbonyl (C=O) groups is 2. The predicted octanol–water partition coefficient (Wildman–Crippen LogP) is 2.28. The topological polar surface area (TPSA) is 91.6 Å². The number of rotatable bonds is 5. The van der Waals surface area contributed by atoms with E-state index in [0.29, 0.717) is 19.6 Å². The lowest BCUT2D eigenvalue weighted by Crippen LogP contribution is -2.43. The van der Waals surface area contributed by atoms with Crippen LogP contribution in [-0.2, 0) is 13.1 Å². The summed E-state index contributed by atoms with van der Waals surface area (Å²) in [4.78, 5) is 38.9. The Morgan fingerprint density at radius 2 is 2.00 bits per heavy atom. The summed E-state index contributed by atoms with van der Waals surface area (Å²) < 4.78 is 28.5. The molecule has 29 heavy (non-hydrogen) atoms. The molecular weight excluding hydrogens is 408 g/mol. The van der Waals surface area contributed by atoms with Crippen molar-refractivity contribution in [2.75, 3.05) is 13.1 Å². The van der Waals surface area contributed by atoms with Crippen molar-refractivity contribution in [3.05, 3.63) is 62.0 Å². The van der Waals surface area contributed by atoms with Crippen LogP contribution in [0, 0.1) is 11.6 Å². The van der Waals surface area contributed by atoms with Gasteiger partial charge in [0.2, 0.25) is 5.43 Å². The van der Waals surface area contributed by atoms with Crippen molar-refractivity contribution in [2.24, 2.45) is 0 Å². The summed E-state index contributed by atoms with van der Waals surface area (Å²) in [5, 5.41) is 11.9. The normalized spacial score (nSPS) is 13.4. The van der Waals surface area contributed by atoms with E-state index in [-0.39, 0.29) is 17.8 Å². The molecule has 3 rings (SSSR count). The first-order valence-corrected chi connectivity index (χ1v) is 9.30. The zero-order valence-corrected chi connectivity index (χ0v) is 16.2. The average Bonchev–Trinajstić information content (AvgIpc) is 2.70. The quantitative estimate of drug-likeness (QED) is 0.719. The number of benzene rings is 1. The van der Waals surface area contributed by atoms with Crippen LogP contribution in [0.4, 0.5) is 8.78 Å². The molecule has 0 fully saturated rings. The molecule has 7 nitrogen and oxygen atoms in total. The van der Waals surface area contributed by atoms with Gasteiger partial charge in [0.1, 0.15) is 22.2 Å². The van der Waals surface area contributed by atoms with Crippen LogP contribution in [0.25, 0.3) is 0 Å². The number of hydrogen-bond acceptors (Lipinski definition) is 4. The fourth-order valence-electron chi connectivity index (χ4n) is 3.15. The third kappa shape index (κ3) is 3.82. The predicted molar refractivity (Wildman–Crippen MR) is 101 cm³/mol. The third-order valence-corrected chi connectivity index (χ3v) is 5.00. The molecule has 1 aromatic heterocycles. The van der Waals surface area contributed by atoms with Gasteiger partial charge in [0.15, 0.2) is 11.4 Å². The summed E-state index contributed by atoms with van der Waals surface area (Å²) in [6.45, 7) is 2.72. The first-order chi connectivity index (χ1) is 13.8. The molecule has 0 unspecified atom stereocenters. The first kappa shape index (κ1) is 20.8. The highest BCUT2D eigenvalue weighted by Gasteiger charge is 2.30. The van der Waals surface area contributed by atoms with Gasteiger partial charge in [-0.1, -0.05) is 24.6 Å². The van der Waals surface area contributed by atoms with Crippen LogP contribution < -0.4 is 10.7 Å². The highest BCUT2D eigenvalue weighted by molar-refractivity contribution is 6.30. The zero-order chi connectivity index (χ0) is 21.3.